The van der Waals surface area contributed by atoms with Gasteiger partial charge >= 0.3 is 0 Å². The smallest absolute Gasteiger partial charge is 0.282 e. The highest BCUT2D eigenvalue weighted by Crippen LogP contribution is 2.39. The largest absolute Gasteiger partial charge is 0.497 e. The van der Waals surface area contributed by atoms with Gasteiger partial charge in [-0.05, 0) is 35.9 Å². The van der Waals surface area contributed by atoms with Crippen molar-refractivity contribution in [1.82, 2.24) is 4.98 Å². The van der Waals surface area contributed by atoms with Crippen molar-refractivity contribution in [3.63, 3.8) is 0 Å². The predicted molar refractivity (Wildman–Crippen MR) is 121 cm³/mol. The van der Waals surface area contributed by atoms with Crippen LogP contribution in [0.3, 0.4) is 0 Å². The van der Waals surface area contributed by atoms with Crippen LogP contribution < -0.4 is 10.1 Å². The zero-order valence-electron chi connectivity index (χ0n) is 16.4. The summed E-state index contributed by atoms with van der Waals surface area (Å²) >= 11 is 1.31. The molecule has 0 bridgehead atoms. The molecule has 4 rings (SSSR count). The summed E-state index contributed by atoms with van der Waals surface area (Å²) in [5.74, 6) is 0.145. The number of carbonyl (C=O) groups excluding carboxylic acids is 1. The molecule has 7 nitrogen and oxygen atoms in total. The molecule has 0 spiro atoms. The van der Waals surface area contributed by atoms with E-state index < -0.39 is 10.8 Å². The third-order valence-electron chi connectivity index (χ3n) is 4.59. The van der Waals surface area contributed by atoms with E-state index >= 15 is 0 Å². The Kier molecular flexibility index (Phi) is 5.72. The maximum atomic E-state index is 12.8. The number of nitrogens with one attached hydrogen (secondary N) is 1. The second-order valence-electron chi connectivity index (χ2n) is 6.52. The van der Waals surface area contributed by atoms with Crippen molar-refractivity contribution in [3.05, 3.63) is 94.5 Å². The minimum Gasteiger partial charge on any atom is -0.497 e. The highest BCUT2D eigenvalue weighted by molar-refractivity contribution is 7.19. The molecule has 4 aromatic rings. The van der Waals surface area contributed by atoms with E-state index in [9.17, 15) is 14.9 Å². The molecule has 0 unspecified atom stereocenters. The van der Waals surface area contributed by atoms with Gasteiger partial charge < -0.3 is 4.74 Å². The summed E-state index contributed by atoms with van der Waals surface area (Å²) in [5.41, 5.74) is 2.25. The van der Waals surface area contributed by atoms with Crippen LogP contribution in [0.2, 0.25) is 0 Å². The van der Waals surface area contributed by atoms with Crippen LogP contribution in [0.15, 0.2) is 78.9 Å². The van der Waals surface area contributed by atoms with Gasteiger partial charge in [0.25, 0.3) is 11.6 Å². The lowest BCUT2D eigenvalue weighted by Gasteiger charge is -2.04. The van der Waals surface area contributed by atoms with Crippen molar-refractivity contribution < 1.29 is 14.5 Å². The quantitative estimate of drug-likeness (QED) is 0.315. The molecule has 0 aliphatic rings. The average Bonchev–Trinajstić information content (AvgIpc) is 3.23. The summed E-state index contributed by atoms with van der Waals surface area (Å²) in [7, 11) is 1.60. The third-order valence-corrected chi connectivity index (χ3v) is 5.61. The molecule has 0 saturated heterocycles. The second kappa shape index (κ2) is 8.76. The van der Waals surface area contributed by atoms with Gasteiger partial charge in [0.1, 0.15) is 11.3 Å². The zero-order chi connectivity index (χ0) is 21.8. The van der Waals surface area contributed by atoms with Crippen molar-refractivity contribution in [3.8, 4) is 27.4 Å². The summed E-state index contributed by atoms with van der Waals surface area (Å²) in [4.78, 5) is 28.9. The fourth-order valence-electron chi connectivity index (χ4n) is 3.09. The second-order valence-corrected chi connectivity index (χ2v) is 7.52. The number of anilines is 1. The van der Waals surface area contributed by atoms with E-state index in [0.717, 1.165) is 21.8 Å². The van der Waals surface area contributed by atoms with E-state index in [1.807, 2.05) is 54.6 Å². The molecule has 1 N–H and O–H groups in total. The van der Waals surface area contributed by atoms with Crippen LogP contribution in [0.4, 0.5) is 10.8 Å². The fourth-order valence-corrected chi connectivity index (χ4v) is 4.08. The number of nitrogens with zero attached hydrogens (tertiary/aromatic N) is 2. The number of nitro groups is 1. The molecule has 0 atom stereocenters. The average molecular weight is 431 g/mol. The molecule has 3 aromatic carbocycles. The van der Waals surface area contributed by atoms with Crippen molar-refractivity contribution in [2.24, 2.45) is 0 Å². The van der Waals surface area contributed by atoms with Crippen LogP contribution >= 0.6 is 11.3 Å². The molecule has 0 aliphatic carbocycles. The van der Waals surface area contributed by atoms with Crippen LogP contribution in [-0.4, -0.2) is 22.9 Å². The maximum absolute atomic E-state index is 12.8. The predicted octanol–water partition coefficient (Wildman–Crippen LogP) is 5.65. The molecule has 8 heteroatoms. The number of nitro benzene ring substituents is 1. The fraction of sp³-hybridized carbons (Fsp3) is 0.0435. The standard InChI is InChI=1S/C23H17N3O4S/c1-30-17-13-11-15(12-14-17)20-21(16-7-3-2-4-8-16)31-23(24-20)25-22(27)18-9-5-6-10-19(18)26(28)29/h2-14H,1H3,(H,24,25,27). The molecule has 1 heterocycles. The summed E-state index contributed by atoms with van der Waals surface area (Å²) < 4.78 is 5.23. The lowest BCUT2D eigenvalue weighted by molar-refractivity contribution is -0.385. The number of benzene rings is 3. The number of rotatable bonds is 6. The lowest BCUT2D eigenvalue weighted by atomic mass is 10.1. The lowest BCUT2D eigenvalue weighted by Crippen LogP contribution is -2.13. The number of aromatic nitrogens is 1. The van der Waals surface area contributed by atoms with Gasteiger partial charge in [-0.1, -0.05) is 53.8 Å². The molecule has 154 valence electrons. The first kappa shape index (κ1) is 20.2. The zero-order valence-corrected chi connectivity index (χ0v) is 17.3. The van der Waals surface area contributed by atoms with Crippen LogP contribution in [0.5, 0.6) is 5.75 Å². The first-order chi connectivity index (χ1) is 15.1. The number of amides is 1. The maximum Gasteiger partial charge on any atom is 0.282 e. The molecule has 0 aliphatic heterocycles. The molecular formula is C23H17N3O4S. The molecule has 0 radical (unpaired) electrons. The number of carbonyl (C=O) groups is 1. The summed E-state index contributed by atoms with van der Waals surface area (Å²) in [6.07, 6.45) is 0. The molecule has 31 heavy (non-hydrogen) atoms. The Balaban J connectivity index is 1.73. The van der Waals surface area contributed by atoms with Crippen LogP contribution in [0.1, 0.15) is 10.4 Å². The highest BCUT2D eigenvalue weighted by atomic mass is 32.1. The first-order valence-corrected chi connectivity index (χ1v) is 10.1. The Morgan fingerprint density at radius 3 is 2.32 bits per heavy atom. The number of hydrogen-bond donors (Lipinski definition) is 1. The van der Waals surface area contributed by atoms with Crippen molar-refractivity contribution in [2.45, 2.75) is 0 Å². The summed E-state index contributed by atoms with van der Waals surface area (Å²) in [5, 5.41) is 14.3. The van der Waals surface area contributed by atoms with Gasteiger partial charge in [0.15, 0.2) is 5.13 Å². The van der Waals surface area contributed by atoms with Crippen LogP contribution in [0, 0.1) is 10.1 Å². The highest BCUT2D eigenvalue weighted by Gasteiger charge is 2.22. The van der Waals surface area contributed by atoms with Gasteiger partial charge in [0.2, 0.25) is 0 Å². The Hall–Kier alpha value is -4.04. The van der Waals surface area contributed by atoms with Crippen LogP contribution in [0.25, 0.3) is 21.7 Å². The summed E-state index contributed by atoms with van der Waals surface area (Å²) in [6.45, 7) is 0. The topological polar surface area (TPSA) is 94.4 Å². The molecular weight excluding hydrogens is 414 g/mol. The molecule has 0 fully saturated rings. The third kappa shape index (κ3) is 4.29. The van der Waals surface area contributed by atoms with Crippen LogP contribution in [-0.2, 0) is 0 Å². The number of methoxy groups -OCH3 is 1. The van der Waals surface area contributed by atoms with E-state index in [1.165, 1.54) is 29.5 Å². The van der Waals surface area contributed by atoms with E-state index in [-0.39, 0.29) is 11.3 Å². The van der Waals surface area contributed by atoms with Gasteiger partial charge in [-0.2, -0.15) is 0 Å². The Morgan fingerprint density at radius 2 is 1.65 bits per heavy atom. The minimum atomic E-state index is -0.582. The molecule has 1 amide bonds. The van der Waals surface area contributed by atoms with Gasteiger partial charge in [0, 0.05) is 11.6 Å². The monoisotopic (exact) mass is 431 g/mol. The van der Waals surface area contributed by atoms with Crippen molar-refractivity contribution in [2.75, 3.05) is 12.4 Å². The van der Waals surface area contributed by atoms with E-state index in [4.69, 9.17) is 4.74 Å². The number of thiazole rings is 1. The first-order valence-electron chi connectivity index (χ1n) is 9.32. The number of ether oxygens (including phenoxy) is 1. The van der Waals surface area contributed by atoms with E-state index in [2.05, 4.69) is 10.3 Å². The van der Waals surface area contributed by atoms with Gasteiger partial charge in [-0.15, -0.1) is 0 Å². The number of hydrogen-bond acceptors (Lipinski definition) is 6. The van der Waals surface area contributed by atoms with E-state index in [0.29, 0.717) is 10.8 Å². The minimum absolute atomic E-state index is 0.0186. The van der Waals surface area contributed by atoms with Crippen molar-refractivity contribution >= 4 is 28.1 Å². The Morgan fingerprint density at radius 1 is 0.968 bits per heavy atom. The van der Waals surface area contributed by atoms with Gasteiger partial charge in [-0.3, -0.25) is 20.2 Å². The molecule has 1 aromatic heterocycles. The van der Waals surface area contributed by atoms with Gasteiger partial charge in [-0.25, -0.2) is 4.98 Å². The normalized spacial score (nSPS) is 10.5. The van der Waals surface area contributed by atoms with E-state index in [1.54, 1.807) is 13.2 Å². The Bertz CT molecular complexity index is 1240. The Labute approximate surface area is 182 Å². The SMILES string of the molecule is COc1ccc(-c2nc(NC(=O)c3ccccc3[N+](=O)[O-])sc2-c2ccccc2)cc1. The summed E-state index contributed by atoms with van der Waals surface area (Å²) in [6, 6.07) is 23.0. The molecule has 0 saturated carbocycles. The number of para-hydroxylation sites is 1. The van der Waals surface area contributed by atoms with Crippen molar-refractivity contribution in [1.29, 1.82) is 0 Å². The van der Waals surface area contributed by atoms with Gasteiger partial charge in [0.05, 0.1) is 22.6 Å².